The molecule has 3 saturated heterocycles. The highest BCUT2D eigenvalue weighted by molar-refractivity contribution is 8.16. The number of hydrogen-bond acceptors (Lipinski definition) is 7. The fourth-order valence-corrected chi connectivity index (χ4v) is 7.76. The van der Waals surface area contributed by atoms with E-state index in [1.54, 1.807) is 6.07 Å². The van der Waals surface area contributed by atoms with Crippen LogP contribution in [-0.2, 0) is 19.4 Å². The second kappa shape index (κ2) is 6.39. The van der Waals surface area contributed by atoms with Crippen molar-refractivity contribution in [1.29, 1.82) is 0 Å². The normalized spacial score (nSPS) is 32.2. The molecule has 0 bridgehead atoms. The molecule has 3 atom stereocenters. The van der Waals surface area contributed by atoms with Gasteiger partial charge in [-0.2, -0.15) is 4.99 Å². The first-order chi connectivity index (χ1) is 13.0. The first-order valence-electron chi connectivity index (χ1n) is 8.80. The molecule has 27 heavy (non-hydrogen) atoms. The molecule has 144 valence electrons. The number of nitrogens with zero attached hydrogens (tertiary/aromatic N) is 2. The number of thioether (sulfide) groups is 1. The quantitative estimate of drug-likeness (QED) is 0.718. The summed E-state index contributed by atoms with van der Waals surface area (Å²) in [6, 6.07) is 5.19. The summed E-state index contributed by atoms with van der Waals surface area (Å²) in [5.41, 5.74) is 0.746. The highest BCUT2D eigenvalue weighted by atomic mass is 32.2. The van der Waals surface area contributed by atoms with Crippen molar-refractivity contribution >= 4 is 38.4 Å². The SMILES string of the molecule is O=C(N=C1S[C@H]2CS(=O)(=O)C[C@@H]2N1c1ccc2c(c1)OCO2)[C@@H]1CCCO1. The average molecular weight is 410 g/mol. The minimum atomic E-state index is -3.11. The molecule has 4 aliphatic heterocycles. The molecule has 0 saturated carbocycles. The smallest absolute Gasteiger partial charge is 0.277 e. The molecule has 4 heterocycles. The number of anilines is 1. The van der Waals surface area contributed by atoms with Crippen LogP contribution in [0.15, 0.2) is 23.2 Å². The van der Waals surface area contributed by atoms with Gasteiger partial charge in [-0.1, -0.05) is 11.8 Å². The standard InChI is InChI=1S/C17H18N2O6S2/c20-16(13-2-1-5-23-13)18-17-19(11-7-27(21,22)8-15(11)26-17)10-3-4-12-14(6-10)25-9-24-12/h3-4,6,11,13,15H,1-2,5,7-9H2/t11-,13-,15-/m0/s1. The van der Waals surface area contributed by atoms with E-state index in [2.05, 4.69) is 4.99 Å². The number of aliphatic imine (C=N–C) groups is 1. The van der Waals surface area contributed by atoms with Gasteiger partial charge in [-0.05, 0) is 25.0 Å². The maximum absolute atomic E-state index is 12.5. The summed E-state index contributed by atoms with van der Waals surface area (Å²) < 4.78 is 40.5. The minimum absolute atomic E-state index is 0.0479. The molecule has 1 aromatic carbocycles. The van der Waals surface area contributed by atoms with E-state index < -0.39 is 15.9 Å². The molecular weight excluding hydrogens is 392 g/mol. The predicted molar refractivity (Wildman–Crippen MR) is 100 cm³/mol. The fourth-order valence-electron chi connectivity index (χ4n) is 3.84. The summed E-state index contributed by atoms with van der Waals surface area (Å²) in [4.78, 5) is 18.7. The summed E-state index contributed by atoms with van der Waals surface area (Å²) in [7, 11) is -3.11. The topological polar surface area (TPSA) is 94.5 Å². The van der Waals surface area contributed by atoms with Crippen molar-refractivity contribution in [2.24, 2.45) is 4.99 Å². The van der Waals surface area contributed by atoms with Gasteiger partial charge in [0.05, 0.1) is 17.5 Å². The van der Waals surface area contributed by atoms with Crippen molar-refractivity contribution in [3.05, 3.63) is 18.2 Å². The molecule has 0 aromatic heterocycles. The van der Waals surface area contributed by atoms with E-state index >= 15 is 0 Å². The number of carbonyl (C=O) groups excluding carboxylic acids is 1. The highest BCUT2D eigenvalue weighted by Gasteiger charge is 2.49. The van der Waals surface area contributed by atoms with Crippen LogP contribution in [0.5, 0.6) is 11.5 Å². The van der Waals surface area contributed by atoms with Crippen molar-refractivity contribution < 1.29 is 27.4 Å². The summed E-state index contributed by atoms with van der Waals surface area (Å²) in [5.74, 6) is 1.09. The Hall–Kier alpha value is -1.78. The van der Waals surface area contributed by atoms with E-state index in [0.29, 0.717) is 29.7 Å². The van der Waals surface area contributed by atoms with Gasteiger partial charge in [-0.15, -0.1) is 0 Å². The van der Waals surface area contributed by atoms with Gasteiger partial charge in [0.1, 0.15) is 6.10 Å². The maximum Gasteiger partial charge on any atom is 0.277 e. The Morgan fingerprint density at radius 1 is 1.22 bits per heavy atom. The van der Waals surface area contributed by atoms with Crippen molar-refractivity contribution in [1.82, 2.24) is 0 Å². The zero-order valence-corrected chi connectivity index (χ0v) is 16.0. The van der Waals surface area contributed by atoms with E-state index in [1.165, 1.54) is 11.8 Å². The third-order valence-corrected chi connectivity index (χ3v) is 8.32. The molecule has 0 N–H and O–H groups in total. The number of amidine groups is 1. The highest BCUT2D eigenvalue weighted by Crippen LogP contribution is 2.44. The van der Waals surface area contributed by atoms with Gasteiger partial charge in [-0.3, -0.25) is 4.79 Å². The van der Waals surface area contributed by atoms with Gasteiger partial charge in [0, 0.05) is 23.6 Å². The van der Waals surface area contributed by atoms with Crippen LogP contribution in [0.25, 0.3) is 0 Å². The van der Waals surface area contributed by atoms with E-state index in [-0.39, 0.29) is 35.5 Å². The maximum atomic E-state index is 12.5. The van der Waals surface area contributed by atoms with Gasteiger partial charge < -0.3 is 19.1 Å². The Morgan fingerprint density at radius 3 is 2.89 bits per heavy atom. The van der Waals surface area contributed by atoms with Gasteiger partial charge in [0.25, 0.3) is 5.91 Å². The number of carbonyl (C=O) groups is 1. The molecule has 8 nitrogen and oxygen atoms in total. The van der Waals surface area contributed by atoms with Crippen LogP contribution in [0, 0.1) is 0 Å². The molecule has 0 spiro atoms. The van der Waals surface area contributed by atoms with Crippen molar-refractivity contribution in [3.8, 4) is 11.5 Å². The Balaban J connectivity index is 1.51. The van der Waals surface area contributed by atoms with Crippen LogP contribution in [0.3, 0.4) is 0 Å². The van der Waals surface area contributed by atoms with Crippen LogP contribution >= 0.6 is 11.8 Å². The Morgan fingerprint density at radius 2 is 2.07 bits per heavy atom. The Bertz CT molecular complexity index is 925. The zero-order chi connectivity index (χ0) is 18.6. The molecule has 4 aliphatic rings. The van der Waals surface area contributed by atoms with Crippen molar-refractivity contribution in [2.75, 3.05) is 29.8 Å². The Labute approximate surface area is 160 Å². The molecule has 1 aromatic rings. The third-order valence-electron chi connectivity index (χ3n) is 5.11. The first-order valence-corrected chi connectivity index (χ1v) is 11.5. The zero-order valence-electron chi connectivity index (χ0n) is 14.4. The Kier molecular flexibility index (Phi) is 4.10. The molecule has 0 aliphatic carbocycles. The predicted octanol–water partition coefficient (Wildman–Crippen LogP) is 1.20. The van der Waals surface area contributed by atoms with E-state index in [9.17, 15) is 13.2 Å². The van der Waals surface area contributed by atoms with E-state index in [1.807, 2.05) is 17.0 Å². The number of ether oxygens (including phenoxy) is 3. The van der Waals surface area contributed by atoms with E-state index in [4.69, 9.17) is 14.2 Å². The summed E-state index contributed by atoms with van der Waals surface area (Å²) in [5, 5.41) is 0.385. The number of rotatable bonds is 2. The molecule has 5 rings (SSSR count). The summed E-state index contributed by atoms with van der Waals surface area (Å²) >= 11 is 1.36. The summed E-state index contributed by atoms with van der Waals surface area (Å²) in [6.07, 6.45) is 1.02. The lowest BCUT2D eigenvalue weighted by atomic mass is 10.2. The number of sulfone groups is 1. The minimum Gasteiger partial charge on any atom is -0.454 e. The van der Waals surface area contributed by atoms with Crippen LogP contribution in [0.1, 0.15) is 12.8 Å². The molecule has 3 fully saturated rings. The van der Waals surface area contributed by atoms with Crippen molar-refractivity contribution in [2.45, 2.75) is 30.2 Å². The molecule has 1 amide bonds. The van der Waals surface area contributed by atoms with Crippen LogP contribution in [-0.4, -0.2) is 61.8 Å². The van der Waals surface area contributed by atoms with Crippen LogP contribution in [0.4, 0.5) is 5.69 Å². The number of fused-ring (bicyclic) bond motifs is 2. The van der Waals surface area contributed by atoms with Gasteiger partial charge >= 0.3 is 0 Å². The molecule has 0 radical (unpaired) electrons. The lowest BCUT2D eigenvalue weighted by Crippen LogP contribution is -2.38. The van der Waals surface area contributed by atoms with E-state index in [0.717, 1.165) is 12.1 Å². The summed E-state index contributed by atoms with van der Waals surface area (Å²) in [6.45, 7) is 0.732. The number of amides is 1. The largest absolute Gasteiger partial charge is 0.454 e. The average Bonchev–Trinajstić information content (AvgIpc) is 3.36. The van der Waals surface area contributed by atoms with Crippen LogP contribution < -0.4 is 14.4 Å². The van der Waals surface area contributed by atoms with Crippen molar-refractivity contribution in [3.63, 3.8) is 0 Å². The first kappa shape index (κ1) is 17.3. The van der Waals surface area contributed by atoms with Gasteiger partial charge in [-0.25, -0.2) is 8.42 Å². The van der Waals surface area contributed by atoms with Crippen LogP contribution in [0.2, 0.25) is 0 Å². The lowest BCUT2D eigenvalue weighted by molar-refractivity contribution is -0.126. The number of benzene rings is 1. The lowest BCUT2D eigenvalue weighted by Gasteiger charge is -2.24. The molecule has 0 unspecified atom stereocenters. The third kappa shape index (κ3) is 3.09. The molecule has 10 heteroatoms. The fraction of sp³-hybridized carbons (Fsp3) is 0.529. The second-order valence-corrected chi connectivity index (χ2v) is 10.3. The van der Waals surface area contributed by atoms with Gasteiger partial charge in [0.15, 0.2) is 26.5 Å². The monoisotopic (exact) mass is 410 g/mol. The number of hydrogen-bond donors (Lipinski definition) is 0. The van der Waals surface area contributed by atoms with Gasteiger partial charge in [0.2, 0.25) is 6.79 Å². The second-order valence-electron chi connectivity index (χ2n) is 6.94. The molecular formula is C17H18N2O6S2.